The summed E-state index contributed by atoms with van der Waals surface area (Å²) in [6.07, 6.45) is 0. The molecule has 0 aliphatic carbocycles. The van der Waals surface area contributed by atoms with E-state index in [-0.39, 0.29) is 0 Å². The van der Waals surface area contributed by atoms with Crippen molar-refractivity contribution in [3.05, 3.63) is 65.7 Å². The number of aromatic nitrogens is 3. The molecule has 0 fully saturated rings. The van der Waals surface area contributed by atoms with E-state index in [1.807, 2.05) is 48.0 Å². The third-order valence-corrected chi connectivity index (χ3v) is 3.87. The van der Waals surface area contributed by atoms with Crippen molar-refractivity contribution in [3.63, 3.8) is 0 Å². The maximum Gasteiger partial charge on any atom is 0.161 e. The molecule has 0 aliphatic rings. The van der Waals surface area contributed by atoms with Gasteiger partial charge < -0.3 is 0 Å². The topological polar surface area (TPSA) is 54.5 Å². The molecular formula is C17H14N4S. The second kappa shape index (κ2) is 6.46. The Morgan fingerprint density at radius 3 is 2.68 bits per heavy atom. The zero-order valence-corrected chi connectivity index (χ0v) is 12.9. The third-order valence-electron chi connectivity index (χ3n) is 3.31. The molecule has 1 aromatic heterocycles. The quantitative estimate of drug-likeness (QED) is 0.542. The van der Waals surface area contributed by atoms with Crippen molar-refractivity contribution >= 4 is 11.8 Å². The fourth-order valence-electron chi connectivity index (χ4n) is 2.34. The second-order valence-electron chi connectivity index (χ2n) is 4.95. The predicted octanol–water partition coefficient (Wildman–Crippen LogP) is 3.88. The van der Waals surface area contributed by atoms with Gasteiger partial charge in [-0.1, -0.05) is 59.3 Å². The van der Waals surface area contributed by atoms with Gasteiger partial charge in [-0.15, -0.1) is 5.10 Å². The highest BCUT2D eigenvalue weighted by Gasteiger charge is 2.16. The van der Waals surface area contributed by atoms with Crippen molar-refractivity contribution in [1.82, 2.24) is 15.0 Å². The molecule has 0 aliphatic heterocycles. The number of rotatable bonds is 4. The predicted molar refractivity (Wildman–Crippen MR) is 87.2 cm³/mol. The summed E-state index contributed by atoms with van der Waals surface area (Å²) in [5, 5.41) is 20.1. The van der Waals surface area contributed by atoms with Gasteiger partial charge in [0.25, 0.3) is 0 Å². The molecule has 3 aromatic rings. The summed E-state index contributed by atoms with van der Waals surface area (Å²) in [5.41, 5.74) is 4.23. The van der Waals surface area contributed by atoms with Gasteiger partial charge in [0.1, 0.15) is 11.1 Å². The first-order valence-corrected chi connectivity index (χ1v) is 7.70. The first kappa shape index (κ1) is 14.4. The Morgan fingerprint density at radius 2 is 1.95 bits per heavy atom. The molecule has 0 radical (unpaired) electrons. The molecule has 2 aromatic carbocycles. The molecule has 0 bridgehead atoms. The van der Waals surface area contributed by atoms with Crippen molar-refractivity contribution in [1.29, 1.82) is 5.26 Å². The van der Waals surface area contributed by atoms with Crippen LogP contribution in [0.1, 0.15) is 11.1 Å². The minimum Gasteiger partial charge on any atom is -0.239 e. The molecular weight excluding hydrogens is 292 g/mol. The van der Waals surface area contributed by atoms with Crippen LogP contribution in [-0.2, 0) is 6.54 Å². The lowest BCUT2D eigenvalue weighted by molar-refractivity contribution is 0.654. The largest absolute Gasteiger partial charge is 0.239 e. The van der Waals surface area contributed by atoms with Gasteiger partial charge in [-0.25, -0.2) is 4.68 Å². The van der Waals surface area contributed by atoms with Crippen LogP contribution in [-0.4, -0.2) is 15.0 Å². The third kappa shape index (κ3) is 3.02. The summed E-state index contributed by atoms with van der Waals surface area (Å²) in [6, 6.07) is 18.3. The highest BCUT2D eigenvalue weighted by atomic mass is 32.2. The van der Waals surface area contributed by atoms with E-state index in [1.165, 1.54) is 0 Å². The van der Waals surface area contributed by atoms with Crippen LogP contribution in [0.15, 0.2) is 59.6 Å². The number of hydrogen-bond acceptors (Lipinski definition) is 4. The Kier molecular flexibility index (Phi) is 4.22. The number of nitriles is 1. The Balaban J connectivity index is 2.06. The minimum atomic E-state index is 0.628. The van der Waals surface area contributed by atoms with Gasteiger partial charge in [0.15, 0.2) is 5.03 Å². The lowest BCUT2D eigenvalue weighted by Gasteiger charge is -2.08. The number of aryl methyl sites for hydroxylation is 1. The summed E-state index contributed by atoms with van der Waals surface area (Å²) >= 11 is 1.05. The molecule has 3 rings (SSSR count). The Hall–Kier alpha value is -2.58. The molecule has 0 saturated heterocycles. The van der Waals surface area contributed by atoms with Crippen LogP contribution >= 0.6 is 11.8 Å². The van der Waals surface area contributed by atoms with Gasteiger partial charge in [0.2, 0.25) is 0 Å². The van der Waals surface area contributed by atoms with Crippen molar-refractivity contribution in [2.24, 2.45) is 0 Å². The lowest BCUT2D eigenvalue weighted by Crippen LogP contribution is -2.04. The van der Waals surface area contributed by atoms with Crippen molar-refractivity contribution in [3.8, 4) is 16.7 Å². The molecule has 22 heavy (non-hydrogen) atoms. The minimum absolute atomic E-state index is 0.628. The summed E-state index contributed by atoms with van der Waals surface area (Å²) in [4.78, 5) is 0. The maximum atomic E-state index is 8.98. The van der Waals surface area contributed by atoms with Crippen LogP contribution in [0.3, 0.4) is 0 Å². The van der Waals surface area contributed by atoms with Crippen molar-refractivity contribution in [2.75, 3.05) is 0 Å². The summed E-state index contributed by atoms with van der Waals surface area (Å²) in [5.74, 6) is 0. The summed E-state index contributed by atoms with van der Waals surface area (Å²) < 4.78 is 1.85. The molecule has 4 nitrogen and oxygen atoms in total. The van der Waals surface area contributed by atoms with E-state index in [2.05, 4.69) is 33.9 Å². The molecule has 0 saturated carbocycles. The van der Waals surface area contributed by atoms with Crippen molar-refractivity contribution < 1.29 is 0 Å². The van der Waals surface area contributed by atoms with Gasteiger partial charge in [-0.2, -0.15) is 5.26 Å². The fourth-order valence-corrected chi connectivity index (χ4v) is 2.82. The Bertz CT molecular complexity index is 818. The molecule has 0 unspecified atom stereocenters. The van der Waals surface area contributed by atoms with Crippen LogP contribution in [0.2, 0.25) is 0 Å². The molecule has 5 heteroatoms. The van der Waals surface area contributed by atoms with E-state index < -0.39 is 0 Å². The summed E-state index contributed by atoms with van der Waals surface area (Å²) in [6.45, 7) is 2.68. The molecule has 0 amide bonds. The van der Waals surface area contributed by atoms with Crippen LogP contribution in [0, 0.1) is 17.6 Å². The van der Waals surface area contributed by atoms with Crippen molar-refractivity contribution in [2.45, 2.75) is 18.5 Å². The SMILES string of the molecule is Cc1cccc(-c2c(SC#N)nnn2Cc2ccccc2)c1. The number of thioether (sulfide) groups is 1. The molecule has 0 N–H and O–H groups in total. The number of thiocyanates is 1. The smallest absolute Gasteiger partial charge is 0.161 e. The van der Waals surface area contributed by atoms with Gasteiger partial charge in [-0.3, -0.25) is 0 Å². The van der Waals surface area contributed by atoms with E-state index in [1.54, 1.807) is 0 Å². The number of benzene rings is 2. The maximum absolute atomic E-state index is 8.98. The van der Waals surface area contributed by atoms with Crippen LogP contribution in [0.5, 0.6) is 0 Å². The van der Waals surface area contributed by atoms with E-state index in [9.17, 15) is 0 Å². The lowest BCUT2D eigenvalue weighted by atomic mass is 10.1. The molecule has 1 heterocycles. The highest BCUT2D eigenvalue weighted by molar-refractivity contribution is 8.03. The van der Waals surface area contributed by atoms with E-state index in [0.717, 1.165) is 34.1 Å². The number of hydrogen-bond donors (Lipinski definition) is 0. The first-order valence-electron chi connectivity index (χ1n) is 6.88. The summed E-state index contributed by atoms with van der Waals surface area (Å²) in [7, 11) is 0. The first-order chi connectivity index (χ1) is 10.8. The average molecular weight is 306 g/mol. The van der Waals surface area contributed by atoms with Crippen LogP contribution in [0.4, 0.5) is 0 Å². The monoisotopic (exact) mass is 306 g/mol. The molecule has 108 valence electrons. The molecule has 0 spiro atoms. The zero-order chi connectivity index (χ0) is 15.4. The number of nitrogens with zero attached hydrogens (tertiary/aromatic N) is 4. The Morgan fingerprint density at radius 1 is 1.14 bits per heavy atom. The van der Waals surface area contributed by atoms with E-state index in [4.69, 9.17) is 5.26 Å². The van der Waals surface area contributed by atoms with Gasteiger partial charge in [0, 0.05) is 17.3 Å². The van der Waals surface area contributed by atoms with E-state index in [0.29, 0.717) is 11.6 Å². The highest BCUT2D eigenvalue weighted by Crippen LogP contribution is 2.30. The van der Waals surface area contributed by atoms with Gasteiger partial charge in [-0.05, 0) is 18.6 Å². The standard InChI is InChI=1S/C17H14N4S/c1-13-6-5-9-15(10-13)16-17(22-12-18)19-20-21(16)11-14-7-3-2-4-8-14/h2-10H,11H2,1H3. The second-order valence-corrected chi connectivity index (χ2v) is 5.72. The molecule has 0 atom stereocenters. The average Bonchev–Trinajstić information content (AvgIpc) is 2.91. The van der Waals surface area contributed by atoms with Crippen LogP contribution < -0.4 is 0 Å². The van der Waals surface area contributed by atoms with Crippen LogP contribution in [0.25, 0.3) is 11.3 Å². The van der Waals surface area contributed by atoms with Gasteiger partial charge >= 0.3 is 0 Å². The zero-order valence-electron chi connectivity index (χ0n) is 12.1. The normalized spacial score (nSPS) is 10.4. The Labute approximate surface area is 133 Å². The van der Waals surface area contributed by atoms with E-state index >= 15 is 0 Å². The van der Waals surface area contributed by atoms with Gasteiger partial charge in [0.05, 0.1) is 6.54 Å². The fraction of sp³-hybridized carbons (Fsp3) is 0.118.